The molecule has 3 N–H and O–H groups in total. The van der Waals surface area contributed by atoms with E-state index in [9.17, 15) is 4.79 Å². The second-order valence-electron chi connectivity index (χ2n) is 7.06. The van der Waals surface area contributed by atoms with Crippen LogP contribution in [0, 0.1) is 0 Å². The Hall–Kier alpha value is -3.00. The molecular formula is C19H21N7O. The number of carbonyl (C=O) groups is 1. The van der Waals surface area contributed by atoms with Crippen molar-refractivity contribution in [1.82, 2.24) is 30.2 Å². The molecule has 4 bridgehead atoms. The zero-order chi connectivity index (χ0) is 18.2. The molecule has 1 saturated heterocycles. The van der Waals surface area contributed by atoms with Crippen LogP contribution in [0.4, 0.5) is 5.82 Å². The summed E-state index contributed by atoms with van der Waals surface area (Å²) >= 11 is 0. The van der Waals surface area contributed by atoms with Gasteiger partial charge in [-0.05, 0) is 31.0 Å². The summed E-state index contributed by atoms with van der Waals surface area (Å²) in [7, 11) is 0. The van der Waals surface area contributed by atoms with Gasteiger partial charge in [-0.25, -0.2) is 9.97 Å². The zero-order valence-electron chi connectivity index (χ0n) is 14.9. The molecule has 0 aromatic carbocycles. The molecule has 2 aliphatic heterocycles. The maximum absolute atomic E-state index is 12.4. The minimum absolute atomic E-state index is 0.0636. The Morgan fingerprint density at radius 3 is 3.11 bits per heavy atom. The number of imidazole rings is 1. The molecule has 27 heavy (non-hydrogen) atoms. The van der Waals surface area contributed by atoms with Crippen LogP contribution < -0.4 is 16.0 Å². The molecular weight excluding hydrogens is 342 g/mol. The van der Waals surface area contributed by atoms with Crippen LogP contribution >= 0.6 is 0 Å². The molecule has 3 aromatic rings. The van der Waals surface area contributed by atoms with Crippen LogP contribution in [-0.2, 0) is 11.3 Å². The fraction of sp³-hybridized carbons (Fsp3) is 0.368. The maximum atomic E-state index is 12.4. The van der Waals surface area contributed by atoms with Crippen molar-refractivity contribution in [2.45, 2.75) is 31.5 Å². The molecule has 0 radical (unpaired) electrons. The van der Waals surface area contributed by atoms with Crippen LogP contribution in [0.3, 0.4) is 0 Å². The molecule has 0 spiro atoms. The van der Waals surface area contributed by atoms with Crippen LogP contribution in [0.1, 0.15) is 12.8 Å². The van der Waals surface area contributed by atoms with Gasteiger partial charge in [-0.1, -0.05) is 6.07 Å². The van der Waals surface area contributed by atoms with Gasteiger partial charge in [0.05, 0.1) is 29.1 Å². The summed E-state index contributed by atoms with van der Waals surface area (Å²) in [6.45, 7) is 2.13. The molecule has 2 unspecified atom stereocenters. The highest BCUT2D eigenvalue weighted by Crippen LogP contribution is 2.26. The number of carbonyl (C=O) groups excluding carboxylic acids is 1. The van der Waals surface area contributed by atoms with Crippen molar-refractivity contribution in [3.05, 3.63) is 36.8 Å². The maximum Gasteiger partial charge on any atom is 0.237 e. The Morgan fingerprint density at radius 1 is 1.19 bits per heavy atom. The number of fused-ring (bicyclic) bond motifs is 5. The Bertz CT molecular complexity index is 999. The molecule has 8 nitrogen and oxygen atoms in total. The SMILES string of the molecule is O=C1NCCCn2cnc3ccnc(c32)-c2cccc(n2)NC2CNC1C2. The predicted octanol–water partition coefficient (Wildman–Crippen LogP) is 1.16. The van der Waals surface area contributed by atoms with Crippen LogP contribution in [-0.4, -0.2) is 50.6 Å². The van der Waals surface area contributed by atoms with E-state index in [-0.39, 0.29) is 18.0 Å². The predicted molar refractivity (Wildman–Crippen MR) is 102 cm³/mol. The van der Waals surface area contributed by atoms with E-state index in [1.54, 1.807) is 6.20 Å². The van der Waals surface area contributed by atoms with Crippen molar-refractivity contribution in [3.63, 3.8) is 0 Å². The first kappa shape index (κ1) is 16.2. The smallest absolute Gasteiger partial charge is 0.237 e. The third kappa shape index (κ3) is 3.02. The normalized spacial score (nSPS) is 22.6. The molecule has 2 aliphatic rings. The molecule has 0 saturated carbocycles. The van der Waals surface area contributed by atoms with E-state index in [2.05, 4.69) is 30.5 Å². The lowest BCUT2D eigenvalue weighted by molar-refractivity contribution is -0.122. The number of amides is 1. The number of rotatable bonds is 0. The van der Waals surface area contributed by atoms with Crippen molar-refractivity contribution in [2.24, 2.45) is 0 Å². The first-order chi connectivity index (χ1) is 13.3. The summed E-state index contributed by atoms with van der Waals surface area (Å²) in [6.07, 6.45) is 5.18. The first-order valence-electron chi connectivity index (χ1n) is 9.33. The average molecular weight is 363 g/mol. The van der Waals surface area contributed by atoms with E-state index in [1.807, 2.05) is 30.6 Å². The molecule has 5 heterocycles. The summed E-state index contributed by atoms with van der Waals surface area (Å²) in [5, 5.41) is 9.78. The number of hydrogen-bond donors (Lipinski definition) is 3. The topological polar surface area (TPSA) is 96.8 Å². The zero-order valence-corrected chi connectivity index (χ0v) is 14.9. The molecule has 2 atom stereocenters. The molecule has 5 rings (SSSR count). The number of pyridine rings is 2. The largest absolute Gasteiger partial charge is 0.366 e. The third-order valence-corrected chi connectivity index (χ3v) is 5.19. The average Bonchev–Trinajstić information content (AvgIpc) is 3.32. The number of anilines is 1. The lowest BCUT2D eigenvalue weighted by Gasteiger charge is -2.13. The van der Waals surface area contributed by atoms with Crippen molar-refractivity contribution < 1.29 is 4.79 Å². The Morgan fingerprint density at radius 2 is 2.15 bits per heavy atom. The van der Waals surface area contributed by atoms with Crippen LogP contribution in [0.2, 0.25) is 0 Å². The third-order valence-electron chi connectivity index (χ3n) is 5.19. The lowest BCUT2D eigenvalue weighted by Crippen LogP contribution is -2.40. The van der Waals surface area contributed by atoms with Gasteiger partial charge >= 0.3 is 0 Å². The second-order valence-corrected chi connectivity index (χ2v) is 7.06. The molecule has 1 fully saturated rings. The minimum Gasteiger partial charge on any atom is -0.366 e. The Kier molecular flexibility index (Phi) is 3.97. The van der Waals surface area contributed by atoms with Crippen LogP contribution in [0.15, 0.2) is 36.8 Å². The van der Waals surface area contributed by atoms with Crippen LogP contribution in [0.5, 0.6) is 0 Å². The summed E-state index contributed by atoms with van der Waals surface area (Å²) < 4.78 is 2.09. The van der Waals surface area contributed by atoms with Gasteiger partial charge in [0, 0.05) is 31.9 Å². The van der Waals surface area contributed by atoms with Gasteiger partial charge in [0.1, 0.15) is 11.5 Å². The molecule has 138 valence electrons. The minimum atomic E-state index is -0.158. The first-order valence-corrected chi connectivity index (χ1v) is 9.33. The fourth-order valence-electron chi connectivity index (χ4n) is 3.86. The van der Waals surface area contributed by atoms with E-state index in [1.165, 1.54) is 0 Å². The van der Waals surface area contributed by atoms with Gasteiger partial charge in [-0.2, -0.15) is 0 Å². The van der Waals surface area contributed by atoms with E-state index < -0.39 is 0 Å². The second kappa shape index (κ2) is 6.62. The summed E-state index contributed by atoms with van der Waals surface area (Å²) in [5.41, 5.74) is 3.53. The number of nitrogens with one attached hydrogen (secondary N) is 3. The highest BCUT2D eigenvalue weighted by atomic mass is 16.2. The molecule has 3 aromatic heterocycles. The van der Waals surface area contributed by atoms with Crippen molar-refractivity contribution in [2.75, 3.05) is 18.4 Å². The summed E-state index contributed by atoms with van der Waals surface area (Å²) in [6, 6.07) is 7.84. The van der Waals surface area contributed by atoms with Gasteiger partial charge in [-0.15, -0.1) is 0 Å². The fourth-order valence-corrected chi connectivity index (χ4v) is 3.86. The van der Waals surface area contributed by atoms with Gasteiger partial charge in [0.2, 0.25) is 5.91 Å². The van der Waals surface area contributed by atoms with E-state index >= 15 is 0 Å². The van der Waals surface area contributed by atoms with Crippen molar-refractivity contribution >= 4 is 22.8 Å². The molecule has 8 heteroatoms. The van der Waals surface area contributed by atoms with Gasteiger partial charge in [-0.3, -0.25) is 9.78 Å². The standard InChI is InChI=1S/C19H21N7O/c27-19-15-9-12(10-22-15)24-16-4-1-3-13(25-16)17-18-14(5-7-20-17)23-11-26(18)8-2-6-21-19/h1,3-5,7,11-12,15,22H,2,6,8-10H2,(H,21,27)(H,24,25). The van der Waals surface area contributed by atoms with Crippen LogP contribution in [0.25, 0.3) is 22.4 Å². The van der Waals surface area contributed by atoms with Gasteiger partial charge in [0.15, 0.2) is 0 Å². The summed E-state index contributed by atoms with van der Waals surface area (Å²) in [4.78, 5) is 26.3. The van der Waals surface area contributed by atoms with Crippen molar-refractivity contribution in [3.8, 4) is 11.4 Å². The molecule has 0 aliphatic carbocycles. The highest BCUT2D eigenvalue weighted by Gasteiger charge is 2.29. The molecule has 1 amide bonds. The van der Waals surface area contributed by atoms with Crippen molar-refractivity contribution in [1.29, 1.82) is 0 Å². The summed E-state index contributed by atoms with van der Waals surface area (Å²) in [5.74, 6) is 0.855. The number of nitrogens with zero attached hydrogens (tertiary/aromatic N) is 4. The van der Waals surface area contributed by atoms with Gasteiger partial charge < -0.3 is 20.5 Å². The monoisotopic (exact) mass is 363 g/mol. The quantitative estimate of drug-likeness (QED) is 0.555. The number of hydrogen-bond acceptors (Lipinski definition) is 6. The van der Waals surface area contributed by atoms with Gasteiger partial charge in [0.25, 0.3) is 0 Å². The lowest BCUT2D eigenvalue weighted by atomic mass is 10.1. The van der Waals surface area contributed by atoms with E-state index in [0.717, 1.165) is 54.2 Å². The number of aryl methyl sites for hydroxylation is 1. The Balaban J connectivity index is 1.59. The number of aromatic nitrogens is 4. The van der Waals surface area contributed by atoms with E-state index in [4.69, 9.17) is 4.98 Å². The Labute approximate surface area is 156 Å². The van der Waals surface area contributed by atoms with E-state index in [0.29, 0.717) is 6.54 Å². The highest BCUT2D eigenvalue weighted by molar-refractivity contribution is 5.89.